The second-order valence-electron chi connectivity index (χ2n) is 6.05. The van der Waals surface area contributed by atoms with Gasteiger partial charge in [0.15, 0.2) is 0 Å². The van der Waals surface area contributed by atoms with Crippen LogP contribution in [-0.4, -0.2) is 18.4 Å². The first kappa shape index (κ1) is 16.7. The van der Waals surface area contributed by atoms with E-state index >= 15 is 0 Å². The quantitative estimate of drug-likeness (QED) is 0.913. The number of hydrogen-bond acceptors (Lipinski definition) is 3. The summed E-state index contributed by atoms with van der Waals surface area (Å²) in [5, 5.41) is 11.6. The molecule has 0 radical (unpaired) electrons. The van der Waals surface area contributed by atoms with E-state index in [2.05, 4.69) is 11.4 Å². The second kappa shape index (κ2) is 7.63. The van der Waals surface area contributed by atoms with Gasteiger partial charge in [-0.05, 0) is 54.8 Å². The van der Waals surface area contributed by atoms with Crippen molar-refractivity contribution < 1.29 is 9.59 Å². The maximum atomic E-state index is 12.1. The number of hydrogen-bond donors (Lipinski definition) is 1. The Kier molecular flexibility index (Phi) is 5.10. The van der Waals surface area contributed by atoms with Crippen molar-refractivity contribution in [3.8, 4) is 6.07 Å². The molecule has 2 aromatic carbocycles. The first-order valence-electron chi connectivity index (χ1n) is 8.35. The van der Waals surface area contributed by atoms with E-state index in [4.69, 9.17) is 5.26 Å². The molecule has 1 N–H and O–H groups in total. The van der Waals surface area contributed by atoms with E-state index in [1.807, 2.05) is 36.4 Å². The second-order valence-corrected chi connectivity index (χ2v) is 6.05. The van der Waals surface area contributed by atoms with E-state index in [-0.39, 0.29) is 11.8 Å². The smallest absolute Gasteiger partial charge is 0.227 e. The highest BCUT2D eigenvalue weighted by molar-refractivity contribution is 5.96. The van der Waals surface area contributed by atoms with Crippen molar-refractivity contribution in [1.29, 1.82) is 5.26 Å². The van der Waals surface area contributed by atoms with Gasteiger partial charge in [0.25, 0.3) is 0 Å². The zero-order chi connectivity index (χ0) is 17.6. The Balaban J connectivity index is 1.52. The molecular weight excluding hydrogens is 314 g/mol. The molecule has 0 unspecified atom stereocenters. The molecule has 2 aromatic rings. The monoisotopic (exact) mass is 333 g/mol. The van der Waals surface area contributed by atoms with Crippen LogP contribution in [0.15, 0.2) is 48.5 Å². The summed E-state index contributed by atoms with van der Waals surface area (Å²) >= 11 is 0. The maximum absolute atomic E-state index is 12.1. The minimum absolute atomic E-state index is 0.0608. The largest absolute Gasteiger partial charge is 0.326 e. The van der Waals surface area contributed by atoms with Crippen LogP contribution in [0, 0.1) is 11.3 Å². The third-order valence-corrected chi connectivity index (χ3v) is 4.26. The Hall–Kier alpha value is -3.13. The van der Waals surface area contributed by atoms with Gasteiger partial charge in [-0.3, -0.25) is 9.59 Å². The fourth-order valence-corrected chi connectivity index (χ4v) is 2.87. The number of anilines is 2. The van der Waals surface area contributed by atoms with E-state index < -0.39 is 0 Å². The van der Waals surface area contributed by atoms with Crippen molar-refractivity contribution in [1.82, 2.24) is 0 Å². The van der Waals surface area contributed by atoms with Crippen LogP contribution in [0.4, 0.5) is 11.4 Å². The third kappa shape index (κ3) is 4.24. The summed E-state index contributed by atoms with van der Waals surface area (Å²) in [6, 6.07) is 16.7. The van der Waals surface area contributed by atoms with E-state index in [1.54, 1.807) is 17.0 Å². The summed E-state index contributed by atoms with van der Waals surface area (Å²) in [6.07, 6.45) is 2.50. The summed E-state index contributed by atoms with van der Waals surface area (Å²) < 4.78 is 0. The Morgan fingerprint density at radius 1 is 1.12 bits per heavy atom. The van der Waals surface area contributed by atoms with Crippen LogP contribution < -0.4 is 10.2 Å². The van der Waals surface area contributed by atoms with E-state index in [9.17, 15) is 9.59 Å². The van der Waals surface area contributed by atoms with E-state index in [0.29, 0.717) is 24.8 Å². The van der Waals surface area contributed by atoms with Gasteiger partial charge < -0.3 is 10.2 Å². The van der Waals surface area contributed by atoms with Gasteiger partial charge in [0.2, 0.25) is 11.8 Å². The molecule has 3 rings (SSSR count). The van der Waals surface area contributed by atoms with Crippen molar-refractivity contribution >= 4 is 23.2 Å². The summed E-state index contributed by atoms with van der Waals surface area (Å²) in [6.45, 7) is 0.759. The SMILES string of the molecule is N#Cc1ccc(CCC(=O)Nc2ccc(N3CCCC3=O)cc2)cc1. The highest BCUT2D eigenvalue weighted by Crippen LogP contribution is 2.23. The predicted molar refractivity (Wildman–Crippen MR) is 96.1 cm³/mol. The van der Waals surface area contributed by atoms with Gasteiger partial charge in [-0.25, -0.2) is 0 Å². The van der Waals surface area contributed by atoms with Crippen LogP contribution in [0.2, 0.25) is 0 Å². The molecule has 5 heteroatoms. The van der Waals surface area contributed by atoms with Crippen molar-refractivity contribution in [3.63, 3.8) is 0 Å². The summed E-state index contributed by atoms with van der Waals surface area (Å²) in [7, 11) is 0. The average Bonchev–Trinajstić information content (AvgIpc) is 3.07. The lowest BCUT2D eigenvalue weighted by atomic mass is 10.1. The van der Waals surface area contributed by atoms with Gasteiger partial charge in [-0.1, -0.05) is 12.1 Å². The molecule has 5 nitrogen and oxygen atoms in total. The molecule has 0 aliphatic carbocycles. The molecule has 1 aliphatic rings. The van der Waals surface area contributed by atoms with Crippen LogP contribution in [-0.2, 0) is 16.0 Å². The number of benzene rings is 2. The van der Waals surface area contributed by atoms with Crippen molar-refractivity contribution in [3.05, 3.63) is 59.7 Å². The average molecular weight is 333 g/mol. The first-order valence-corrected chi connectivity index (χ1v) is 8.35. The number of rotatable bonds is 5. The normalized spacial score (nSPS) is 13.6. The predicted octanol–water partition coefficient (Wildman–Crippen LogP) is 3.26. The van der Waals surface area contributed by atoms with Gasteiger partial charge in [0, 0.05) is 30.8 Å². The number of carbonyl (C=O) groups excluding carboxylic acids is 2. The van der Waals surface area contributed by atoms with Crippen molar-refractivity contribution in [2.24, 2.45) is 0 Å². The Labute approximate surface area is 146 Å². The van der Waals surface area contributed by atoms with Crippen LogP contribution in [0.25, 0.3) is 0 Å². The summed E-state index contributed by atoms with van der Waals surface area (Å²) in [5.41, 5.74) is 3.24. The van der Waals surface area contributed by atoms with Gasteiger partial charge in [-0.15, -0.1) is 0 Å². The molecule has 126 valence electrons. The Morgan fingerprint density at radius 3 is 2.44 bits per heavy atom. The van der Waals surface area contributed by atoms with Crippen LogP contribution in [0.5, 0.6) is 0 Å². The number of nitrogens with one attached hydrogen (secondary N) is 1. The van der Waals surface area contributed by atoms with Crippen molar-refractivity contribution in [2.45, 2.75) is 25.7 Å². The van der Waals surface area contributed by atoms with Crippen LogP contribution in [0.1, 0.15) is 30.4 Å². The molecule has 0 aromatic heterocycles. The number of nitriles is 1. The molecule has 2 amide bonds. The highest BCUT2D eigenvalue weighted by atomic mass is 16.2. The van der Waals surface area contributed by atoms with Crippen LogP contribution in [0.3, 0.4) is 0 Å². The van der Waals surface area contributed by atoms with E-state index in [1.165, 1.54) is 0 Å². The Morgan fingerprint density at radius 2 is 1.84 bits per heavy atom. The molecule has 1 saturated heterocycles. The zero-order valence-electron chi connectivity index (χ0n) is 13.9. The number of aryl methyl sites for hydroxylation is 1. The van der Waals surface area contributed by atoms with Crippen molar-refractivity contribution in [2.75, 3.05) is 16.8 Å². The summed E-state index contributed by atoms with van der Waals surface area (Å²) in [4.78, 5) is 25.6. The van der Waals surface area contributed by atoms with Gasteiger partial charge in [-0.2, -0.15) is 5.26 Å². The molecule has 0 bridgehead atoms. The van der Waals surface area contributed by atoms with E-state index in [0.717, 1.165) is 29.9 Å². The summed E-state index contributed by atoms with van der Waals surface area (Å²) in [5.74, 6) is 0.0913. The lowest BCUT2D eigenvalue weighted by molar-refractivity contribution is -0.117. The van der Waals surface area contributed by atoms with Gasteiger partial charge in [0.1, 0.15) is 0 Å². The number of amides is 2. The molecule has 0 atom stereocenters. The minimum Gasteiger partial charge on any atom is -0.326 e. The fourth-order valence-electron chi connectivity index (χ4n) is 2.87. The molecule has 1 heterocycles. The maximum Gasteiger partial charge on any atom is 0.227 e. The molecule has 1 fully saturated rings. The lowest BCUT2D eigenvalue weighted by Gasteiger charge is -2.16. The third-order valence-electron chi connectivity index (χ3n) is 4.26. The van der Waals surface area contributed by atoms with Gasteiger partial charge >= 0.3 is 0 Å². The topological polar surface area (TPSA) is 73.2 Å². The fraction of sp³-hybridized carbons (Fsp3) is 0.250. The molecule has 0 saturated carbocycles. The first-order chi connectivity index (χ1) is 12.2. The molecule has 0 spiro atoms. The highest BCUT2D eigenvalue weighted by Gasteiger charge is 2.21. The zero-order valence-corrected chi connectivity index (χ0v) is 13.9. The van der Waals surface area contributed by atoms with Crippen LogP contribution >= 0.6 is 0 Å². The minimum atomic E-state index is -0.0608. The Bertz CT molecular complexity index is 804. The number of nitrogens with zero attached hydrogens (tertiary/aromatic N) is 2. The number of carbonyl (C=O) groups is 2. The lowest BCUT2D eigenvalue weighted by Crippen LogP contribution is -2.23. The molecular formula is C20H19N3O2. The molecule has 1 aliphatic heterocycles. The standard InChI is InChI=1S/C20H19N3O2/c21-14-16-5-3-15(4-6-16)7-12-19(24)22-17-8-10-18(11-9-17)23-13-1-2-20(23)25/h3-6,8-11H,1-2,7,12-13H2,(H,22,24). The molecule has 25 heavy (non-hydrogen) atoms. The van der Waals surface area contributed by atoms with Gasteiger partial charge in [0.05, 0.1) is 11.6 Å².